The van der Waals surface area contributed by atoms with E-state index in [9.17, 15) is 55.2 Å². The van der Waals surface area contributed by atoms with Gasteiger partial charge in [-0.2, -0.15) is 0 Å². The van der Waals surface area contributed by atoms with Crippen LogP contribution in [0.4, 0.5) is 0 Å². The van der Waals surface area contributed by atoms with E-state index in [4.69, 9.17) is 56.4 Å². The van der Waals surface area contributed by atoms with Crippen LogP contribution in [0.3, 0.4) is 0 Å². The third-order valence-corrected chi connectivity index (χ3v) is 14.3. The lowest BCUT2D eigenvalue weighted by atomic mass is 9.81. The van der Waals surface area contributed by atoms with Crippen molar-refractivity contribution in [3.05, 3.63) is 79.9 Å². The van der Waals surface area contributed by atoms with E-state index in [2.05, 4.69) is 0 Å². The van der Waals surface area contributed by atoms with Crippen molar-refractivity contribution in [1.29, 1.82) is 0 Å². The van der Waals surface area contributed by atoms with Crippen molar-refractivity contribution in [3.8, 4) is 11.5 Å². The highest BCUT2D eigenvalue weighted by molar-refractivity contribution is 6.39. The monoisotopic (exact) mass is 1070 g/mol. The summed E-state index contributed by atoms with van der Waals surface area (Å²) in [6, 6.07) is 0. The number of methoxy groups -OCH3 is 1. The van der Waals surface area contributed by atoms with E-state index in [1.54, 1.807) is 60.6 Å². The molecule has 0 radical (unpaired) electrons. The number of ketones is 1. The maximum atomic E-state index is 14.0. The molecule has 0 aromatic heterocycles. The SMILES string of the molecule is CCc1c(Cl)c(O)c(Cl)c(O)c1C(=O)[C@@H](O)[C@H]1[C@@H](O)[C@H](OC)[C@@H](OC/C2=C/C=C\C[C@H](O)/C(C)=C\[C@H](CC)[C@H](O[C@@H]3OC(C)(C)[C@@H](O)[C@H](OC(=O)C(C)C)[C@@H]3O)/C(C)=C\C(C)=C/C[C@@H]([C@H](C)O)OC2=O)O[C@H]1C. The van der Waals surface area contributed by atoms with Crippen LogP contribution < -0.4 is 0 Å². The van der Waals surface area contributed by atoms with E-state index >= 15 is 0 Å². The van der Waals surface area contributed by atoms with Gasteiger partial charge >= 0.3 is 11.9 Å². The zero-order chi connectivity index (χ0) is 55.0. The lowest BCUT2D eigenvalue weighted by molar-refractivity contribution is -0.333. The van der Waals surface area contributed by atoms with Gasteiger partial charge in [0.2, 0.25) is 0 Å². The van der Waals surface area contributed by atoms with E-state index in [1.807, 2.05) is 26.0 Å². The number of halogens is 2. The molecular formula is C53H76Cl2O18. The van der Waals surface area contributed by atoms with Gasteiger partial charge in [0, 0.05) is 25.4 Å². The average Bonchev–Trinajstić information content (AvgIpc) is 3.33. The van der Waals surface area contributed by atoms with Crippen molar-refractivity contribution in [2.24, 2.45) is 17.8 Å². The van der Waals surface area contributed by atoms with Gasteiger partial charge in [0.15, 0.2) is 30.2 Å². The van der Waals surface area contributed by atoms with Gasteiger partial charge in [-0.05, 0) is 90.5 Å². The lowest BCUT2D eigenvalue weighted by Crippen LogP contribution is -2.64. The number of hydrogen-bond acceptors (Lipinski definition) is 18. The van der Waals surface area contributed by atoms with E-state index in [-0.39, 0.29) is 35.4 Å². The standard InChI is InChI=1S/C53H76Cl2O18/c1-13-30-22-26(6)33(57)18-16-15-17-31(23-68-52-47(67-12)42(61)35(29(9)69-52)40(59)41(60)36-32(14-2)37(54)43(62)38(55)39(36)58)50(66)70-34(28(8)56)20-19-25(5)21-27(7)45(30)72-51-44(63)46(71-49(65)24(3)4)48(64)53(10,11)73-51/h15-17,19,21-22,24,28-30,33-35,40,42,44-48,51-52,56-59,61-64H,13-14,18,20,23H2,1-12H3/b16-15-,25-19-,26-22-,27-21-,31-17-/t28-,29-,30-,33-,34-,35-,40-,42+,44-,45+,46+,47-,48-,51+,52-/m0/s1. The molecule has 0 aliphatic carbocycles. The van der Waals surface area contributed by atoms with E-state index in [0.29, 0.717) is 23.1 Å². The highest BCUT2D eigenvalue weighted by Gasteiger charge is 2.53. The number of aliphatic hydroxyl groups excluding tert-OH is 6. The number of rotatable bonds is 14. The van der Waals surface area contributed by atoms with Crippen molar-refractivity contribution in [3.63, 3.8) is 0 Å². The number of Topliss-reactive ketones (excluding diaryl/α,β-unsaturated/α-hetero) is 1. The molecule has 2 fully saturated rings. The molecule has 3 aliphatic rings. The first-order chi connectivity index (χ1) is 34.1. The lowest BCUT2D eigenvalue weighted by Gasteiger charge is -2.47. The molecule has 3 aliphatic heterocycles. The highest BCUT2D eigenvalue weighted by Crippen LogP contribution is 2.46. The summed E-state index contributed by atoms with van der Waals surface area (Å²) in [5, 5.41) is 88.2. The van der Waals surface area contributed by atoms with E-state index < -0.39 is 149 Å². The molecule has 18 nitrogen and oxygen atoms in total. The van der Waals surface area contributed by atoms with Gasteiger partial charge < -0.3 is 74.0 Å². The zero-order valence-corrected chi connectivity index (χ0v) is 45.2. The van der Waals surface area contributed by atoms with Crippen LogP contribution in [0.25, 0.3) is 0 Å². The number of phenolic OH excluding ortho intramolecular Hbond substituents is 2. The second-order valence-corrected chi connectivity index (χ2v) is 20.6. The first-order valence-electron chi connectivity index (χ1n) is 24.6. The van der Waals surface area contributed by atoms with Gasteiger partial charge in [0.05, 0.1) is 64.8 Å². The van der Waals surface area contributed by atoms with Crippen LogP contribution in [0.1, 0.15) is 111 Å². The fourth-order valence-electron chi connectivity index (χ4n) is 9.03. The van der Waals surface area contributed by atoms with Crippen molar-refractivity contribution in [1.82, 2.24) is 0 Å². The van der Waals surface area contributed by atoms with Crippen LogP contribution >= 0.6 is 23.2 Å². The maximum Gasteiger partial charge on any atom is 0.336 e. The molecule has 410 valence electrons. The summed E-state index contributed by atoms with van der Waals surface area (Å²) < 4.78 is 41.9. The molecule has 2 saturated heterocycles. The van der Waals surface area contributed by atoms with Crippen LogP contribution in [0.5, 0.6) is 11.5 Å². The van der Waals surface area contributed by atoms with Gasteiger partial charge in [-0.15, -0.1) is 0 Å². The van der Waals surface area contributed by atoms with Crippen molar-refractivity contribution in [2.75, 3.05) is 13.7 Å². The third-order valence-electron chi connectivity index (χ3n) is 13.6. The van der Waals surface area contributed by atoms with Gasteiger partial charge in [0.1, 0.15) is 41.3 Å². The zero-order valence-electron chi connectivity index (χ0n) is 43.7. The number of hydrogen-bond donors (Lipinski definition) is 8. The number of carbonyl (C=O) groups is 3. The van der Waals surface area contributed by atoms with E-state index in [0.717, 1.165) is 0 Å². The molecule has 8 N–H and O–H groups in total. The topological polar surface area (TPSA) is 278 Å². The normalized spacial score (nSPS) is 35.0. The number of benzene rings is 1. The number of aliphatic hydroxyl groups is 6. The summed E-state index contributed by atoms with van der Waals surface area (Å²) in [6.45, 7) is 17.9. The minimum atomic E-state index is -2.00. The second kappa shape index (κ2) is 26.8. The predicted octanol–water partition coefficient (Wildman–Crippen LogP) is 5.87. The van der Waals surface area contributed by atoms with Crippen LogP contribution in [0, 0.1) is 17.8 Å². The van der Waals surface area contributed by atoms with Crippen LogP contribution in [0.2, 0.25) is 10.0 Å². The van der Waals surface area contributed by atoms with Crippen LogP contribution in [0.15, 0.2) is 58.7 Å². The number of allylic oxidation sites excluding steroid dienone is 4. The maximum absolute atomic E-state index is 14.0. The van der Waals surface area contributed by atoms with Crippen LogP contribution in [-0.2, 0) is 49.2 Å². The molecule has 15 atom stereocenters. The molecule has 4 rings (SSSR count). The predicted molar refractivity (Wildman–Crippen MR) is 270 cm³/mol. The number of esters is 2. The largest absolute Gasteiger partial charge is 0.505 e. The Bertz CT molecular complexity index is 2250. The Kier molecular flexibility index (Phi) is 22.7. The summed E-state index contributed by atoms with van der Waals surface area (Å²) in [5.41, 5.74) is 0.168. The molecule has 3 heterocycles. The van der Waals surface area contributed by atoms with E-state index in [1.165, 1.54) is 33.1 Å². The van der Waals surface area contributed by atoms with Crippen molar-refractivity contribution >= 4 is 40.9 Å². The summed E-state index contributed by atoms with van der Waals surface area (Å²) in [6.07, 6.45) is -6.44. The molecule has 0 bridgehead atoms. The number of phenols is 2. The smallest absolute Gasteiger partial charge is 0.336 e. The Balaban J connectivity index is 1.64. The molecular weight excluding hydrogens is 995 g/mol. The minimum Gasteiger partial charge on any atom is -0.505 e. The summed E-state index contributed by atoms with van der Waals surface area (Å²) >= 11 is 12.3. The average molecular weight is 1070 g/mol. The van der Waals surface area contributed by atoms with Crippen LogP contribution in [-0.4, -0.2) is 158 Å². The fraction of sp³-hybridized carbons (Fsp3) is 0.642. The molecule has 0 saturated carbocycles. The van der Waals surface area contributed by atoms with Crippen molar-refractivity contribution in [2.45, 2.75) is 187 Å². The number of cyclic esters (lactones) is 1. The Morgan fingerprint density at radius 1 is 0.918 bits per heavy atom. The van der Waals surface area contributed by atoms with Gasteiger partial charge in [-0.3, -0.25) is 9.59 Å². The Labute approximate surface area is 437 Å². The number of aromatic hydroxyl groups is 2. The Hall–Kier alpha value is -3.73. The molecule has 20 heteroatoms. The summed E-state index contributed by atoms with van der Waals surface area (Å²) in [7, 11) is 1.24. The molecule has 0 spiro atoms. The Morgan fingerprint density at radius 2 is 1.58 bits per heavy atom. The molecule has 0 unspecified atom stereocenters. The first-order valence-corrected chi connectivity index (χ1v) is 25.4. The molecule has 0 amide bonds. The van der Waals surface area contributed by atoms with Crippen molar-refractivity contribution < 1.29 is 88.4 Å². The third kappa shape index (κ3) is 14.8. The summed E-state index contributed by atoms with van der Waals surface area (Å²) in [4.78, 5) is 40.5. The first kappa shape index (κ1) is 61.8. The number of carbonyl (C=O) groups excluding carboxylic acids is 3. The molecule has 1 aromatic carbocycles. The second-order valence-electron chi connectivity index (χ2n) is 19.9. The summed E-state index contributed by atoms with van der Waals surface area (Å²) in [5.74, 6) is -6.28. The molecule has 73 heavy (non-hydrogen) atoms. The molecule has 1 aromatic rings. The van der Waals surface area contributed by atoms with Gasteiger partial charge in [-0.25, -0.2) is 4.79 Å². The highest BCUT2D eigenvalue weighted by atomic mass is 35.5. The van der Waals surface area contributed by atoms with Gasteiger partial charge in [-0.1, -0.05) is 86.9 Å². The minimum absolute atomic E-state index is 0.0213. The fourth-order valence-corrected chi connectivity index (χ4v) is 9.59. The number of ether oxygens (including phenoxy) is 7. The Morgan fingerprint density at radius 3 is 2.16 bits per heavy atom. The van der Waals surface area contributed by atoms with Gasteiger partial charge in [0.25, 0.3) is 0 Å². The quantitative estimate of drug-likeness (QED) is 0.0615.